The Labute approximate surface area is 67.8 Å². The molecule has 0 aliphatic heterocycles. The van der Waals surface area contributed by atoms with Crippen molar-refractivity contribution in [3.05, 3.63) is 0 Å². The van der Waals surface area contributed by atoms with Gasteiger partial charge in [0.25, 0.3) is 0 Å². The zero-order chi connectivity index (χ0) is 8.15. The summed E-state index contributed by atoms with van der Waals surface area (Å²) in [6, 6.07) is 0. The predicted octanol–water partition coefficient (Wildman–Crippen LogP) is 2.82. The van der Waals surface area contributed by atoms with E-state index in [1.54, 1.807) is 0 Å². The van der Waals surface area contributed by atoms with Crippen LogP contribution in [0.15, 0.2) is 0 Å². The summed E-state index contributed by atoms with van der Waals surface area (Å²) in [7, 11) is 0. The van der Waals surface area contributed by atoms with E-state index < -0.39 is 0 Å². The fraction of sp³-hybridized carbons (Fsp3) is 0.875. The van der Waals surface area contributed by atoms with Crippen LogP contribution in [0, 0.1) is 11.8 Å². The summed E-state index contributed by atoms with van der Waals surface area (Å²) >= 11 is 5.35. The molecule has 0 aromatic carbocycles. The second-order valence-electron chi connectivity index (χ2n) is 3.04. The molecule has 0 rings (SSSR count). The van der Waals surface area contributed by atoms with E-state index in [2.05, 4.69) is 13.8 Å². The van der Waals surface area contributed by atoms with Crippen molar-refractivity contribution in [2.24, 2.45) is 11.8 Å². The van der Waals surface area contributed by atoms with E-state index in [-0.39, 0.29) is 11.2 Å². The van der Waals surface area contributed by atoms with Crippen LogP contribution in [0.2, 0.25) is 0 Å². The third kappa shape index (κ3) is 3.89. The molecular weight excluding hydrogens is 148 g/mol. The lowest BCUT2D eigenvalue weighted by atomic mass is 9.96. The average molecular weight is 163 g/mol. The van der Waals surface area contributed by atoms with E-state index in [1.165, 1.54) is 0 Å². The maximum absolute atomic E-state index is 10.7. The van der Waals surface area contributed by atoms with Crippen LogP contribution in [0.3, 0.4) is 0 Å². The van der Waals surface area contributed by atoms with Crippen LogP contribution in [0.1, 0.15) is 33.6 Å². The number of halogens is 1. The van der Waals surface area contributed by atoms with Crippen LogP contribution in [-0.4, -0.2) is 5.24 Å². The minimum atomic E-state index is -0.184. The first-order valence-electron chi connectivity index (χ1n) is 3.77. The third-order valence-corrected chi connectivity index (χ3v) is 1.88. The fourth-order valence-corrected chi connectivity index (χ4v) is 1.23. The zero-order valence-electron chi connectivity index (χ0n) is 6.86. The second-order valence-corrected chi connectivity index (χ2v) is 3.41. The van der Waals surface area contributed by atoms with Crippen molar-refractivity contribution in [2.75, 3.05) is 0 Å². The smallest absolute Gasteiger partial charge is 0.224 e. The Balaban J connectivity index is 3.72. The molecular formula is C8H15ClO. The summed E-state index contributed by atoms with van der Waals surface area (Å²) in [6.07, 6.45) is 1.78. The minimum Gasteiger partial charge on any atom is -0.281 e. The SMILES string of the molecule is CCC(CC(C)C)C(=O)Cl. The van der Waals surface area contributed by atoms with Gasteiger partial charge in [-0.3, -0.25) is 4.79 Å². The minimum absolute atomic E-state index is 0.0710. The van der Waals surface area contributed by atoms with Crippen molar-refractivity contribution in [1.82, 2.24) is 0 Å². The van der Waals surface area contributed by atoms with Gasteiger partial charge in [-0.05, 0) is 30.4 Å². The Morgan fingerprint density at radius 2 is 2.00 bits per heavy atom. The molecule has 0 saturated heterocycles. The van der Waals surface area contributed by atoms with Gasteiger partial charge < -0.3 is 0 Å². The molecule has 1 unspecified atom stereocenters. The molecule has 0 heterocycles. The summed E-state index contributed by atoms with van der Waals surface area (Å²) < 4.78 is 0. The molecule has 0 radical (unpaired) electrons. The molecule has 0 saturated carbocycles. The first kappa shape index (κ1) is 9.96. The van der Waals surface area contributed by atoms with Gasteiger partial charge in [0.05, 0.1) is 0 Å². The van der Waals surface area contributed by atoms with Crippen LogP contribution >= 0.6 is 11.6 Å². The summed E-state index contributed by atoms with van der Waals surface area (Å²) in [5, 5.41) is -0.184. The Kier molecular flexibility index (Phi) is 4.71. The molecule has 2 heteroatoms. The van der Waals surface area contributed by atoms with Gasteiger partial charge in [-0.15, -0.1) is 0 Å². The highest BCUT2D eigenvalue weighted by atomic mass is 35.5. The van der Waals surface area contributed by atoms with Crippen molar-refractivity contribution >= 4 is 16.8 Å². The monoisotopic (exact) mass is 162 g/mol. The van der Waals surface area contributed by atoms with Gasteiger partial charge in [-0.25, -0.2) is 0 Å². The maximum atomic E-state index is 10.7. The van der Waals surface area contributed by atoms with Gasteiger partial charge in [-0.1, -0.05) is 20.8 Å². The number of hydrogen-bond donors (Lipinski definition) is 0. The van der Waals surface area contributed by atoms with Crippen molar-refractivity contribution in [3.8, 4) is 0 Å². The van der Waals surface area contributed by atoms with Gasteiger partial charge in [0.15, 0.2) is 0 Å². The van der Waals surface area contributed by atoms with Crippen LogP contribution in [-0.2, 0) is 4.79 Å². The lowest BCUT2D eigenvalue weighted by Gasteiger charge is -2.11. The highest BCUT2D eigenvalue weighted by Crippen LogP contribution is 2.17. The van der Waals surface area contributed by atoms with Crippen molar-refractivity contribution in [3.63, 3.8) is 0 Å². The van der Waals surface area contributed by atoms with Gasteiger partial charge in [0.1, 0.15) is 0 Å². The van der Waals surface area contributed by atoms with E-state index in [0.29, 0.717) is 5.92 Å². The topological polar surface area (TPSA) is 17.1 Å². The van der Waals surface area contributed by atoms with Gasteiger partial charge in [0.2, 0.25) is 5.24 Å². The molecule has 1 atom stereocenters. The molecule has 60 valence electrons. The zero-order valence-corrected chi connectivity index (χ0v) is 7.61. The summed E-state index contributed by atoms with van der Waals surface area (Å²) in [5.74, 6) is 0.634. The third-order valence-electron chi connectivity index (χ3n) is 1.57. The molecule has 10 heavy (non-hydrogen) atoms. The Morgan fingerprint density at radius 1 is 1.50 bits per heavy atom. The van der Waals surface area contributed by atoms with Crippen molar-refractivity contribution in [1.29, 1.82) is 0 Å². The van der Waals surface area contributed by atoms with Crippen LogP contribution in [0.25, 0.3) is 0 Å². The normalized spacial score (nSPS) is 13.7. The lowest BCUT2D eigenvalue weighted by Crippen LogP contribution is -2.10. The lowest BCUT2D eigenvalue weighted by molar-refractivity contribution is -0.115. The maximum Gasteiger partial charge on any atom is 0.224 e. The van der Waals surface area contributed by atoms with E-state index in [0.717, 1.165) is 12.8 Å². The predicted molar refractivity (Wildman–Crippen MR) is 44.1 cm³/mol. The molecule has 0 N–H and O–H groups in total. The summed E-state index contributed by atoms with van der Waals surface area (Å²) in [4.78, 5) is 10.7. The average Bonchev–Trinajstić information content (AvgIpc) is 1.81. The number of rotatable bonds is 4. The number of carbonyl (C=O) groups is 1. The van der Waals surface area contributed by atoms with Gasteiger partial charge >= 0.3 is 0 Å². The Morgan fingerprint density at radius 3 is 2.10 bits per heavy atom. The fourth-order valence-electron chi connectivity index (χ4n) is 0.989. The molecule has 0 aromatic heterocycles. The number of hydrogen-bond acceptors (Lipinski definition) is 1. The molecule has 1 nitrogen and oxygen atoms in total. The molecule has 0 bridgehead atoms. The summed E-state index contributed by atoms with van der Waals surface area (Å²) in [6.45, 7) is 6.19. The Bertz CT molecular complexity index is 110. The van der Waals surface area contributed by atoms with E-state index in [1.807, 2.05) is 6.92 Å². The molecule has 0 spiro atoms. The largest absolute Gasteiger partial charge is 0.281 e. The summed E-state index contributed by atoms with van der Waals surface area (Å²) in [5.41, 5.74) is 0. The van der Waals surface area contributed by atoms with Gasteiger partial charge in [0, 0.05) is 5.92 Å². The van der Waals surface area contributed by atoms with E-state index in [4.69, 9.17) is 11.6 Å². The van der Waals surface area contributed by atoms with Crippen molar-refractivity contribution < 1.29 is 4.79 Å². The first-order chi connectivity index (χ1) is 4.57. The first-order valence-corrected chi connectivity index (χ1v) is 4.15. The second kappa shape index (κ2) is 4.73. The van der Waals surface area contributed by atoms with E-state index in [9.17, 15) is 4.79 Å². The molecule has 0 aliphatic carbocycles. The highest BCUT2D eigenvalue weighted by Gasteiger charge is 2.14. The van der Waals surface area contributed by atoms with Crippen molar-refractivity contribution in [2.45, 2.75) is 33.6 Å². The molecule has 0 amide bonds. The standard InChI is InChI=1S/C8H15ClO/c1-4-7(8(9)10)5-6(2)3/h6-7H,4-5H2,1-3H3. The van der Waals surface area contributed by atoms with Gasteiger partial charge in [-0.2, -0.15) is 0 Å². The van der Waals surface area contributed by atoms with Crippen LogP contribution in [0.5, 0.6) is 0 Å². The quantitative estimate of drug-likeness (QED) is 0.581. The molecule has 0 aromatic rings. The Hall–Kier alpha value is -0.0400. The number of carbonyl (C=O) groups excluding carboxylic acids is 1. The van der Waals surface area contributed by atoms with Crippen LogP contribution in [0.4, 0.5) is 0 Å². The highest BCUT2D eigenvalue weighted by molar-refractivity contribution is 6.63. The van der Waals surface area contributed by atoms with E-state index >= 15 is 0 Å². The molecule has 0 aliphatic rings. The molecule has 0 fully saturated rings. The van der Waals surface area contributed by atoms with Crippen LogP contribution < -0.4 is 0 Å².